The van der Waals surface area contributed by atoms with Crippen molar-refractivity contribution in [2.75, 3.05) is 0 Å². The first-order valence-corrected chi connectivity index (χ1v) is 7.04. The van der Waals surface area contributed by atoms with Gasteiger partial charge in [-0.1, -0.05) is 0 Å². The highest BCUT2D eigenvalue weighted by molar-refractivity contribution is 6.20. The molecule has 0 saturated carbocycles. The Bertz CT molecular complexity index is 744. The third-order valence-electron chi connectivity index (χ3n) is 3.44. The van der Waals surface area contributed by atoms with Crippen LogP contribution in [0.2, 0.25) is 0 Å². The van der Waals surface area contributed by atoms with E-state index >= 15 is 0 Å². The summed E-state index contributed by atoms with van der Waals surface area (Å²) in [7, 11) is 0. The van der Waals surface area contributed by atoms with Crippen LogP contribution in [0.4, 0.5) is 0 Å². The molecule has 0 saturated heterocycles. The fraction of sp³-hybridized carbons (Fsp3) is 0.333. The van der Waals surface area contributed by atoms with Crippen molar-refractivity contribution in [2.24, 2.45) is 0 Å². The Hall–Kier alpha value is -1.81. The molecule has 3 rings (SSSR count). The van der Waals surface area contributed by atoms with Gasteiger partial charge in [0.2, 0.25) is 0 Å². The predicted molar refractivity (Wildman–Crippen MR) is 79.1 cm³/mol. The number of aromatic nitrogens is 3. The van der Waals surface area contributed by atoms with Crippen LogP contribution in [0.1, 0.15) is 42.6 Å². The van der Waals surface area contributed by atoms with Crippen LogP contribution in [0.15, 0.2) is 35.0 Å². The van der Waals surface area contributed by atoms with Gasteiger partial charge in [-0.25, -0.2) is 4.98 Å². The monoisotopic (exact) mass is 289 g/mol. The second kappa shape index (κ2) is 4.94. The Morgan fingerprint density at radius 2 is 2.05 bits per heavy atom. The van der Waals surface area contributed by atoms with Gasteiger partial charge in [-0.05, 0) is 39.0 Å². The molecule has 2 unspecified atom stereocenters. The summed E-state index contributed by atoms with van der Waals surface area (Å²) < 4.78 is 7.86. The van der Waals surface area contributed by atoms with Gasteiger partial charge in [-0.2, -0.15) is 0 Å². The summed E-state index contributed by atoms with van der Waals surface area (Å²) in [4.78, 5) is 8.71. The minimum Gasteiger partial charge on any atom is -0.464 e. The first-order valence-electron chi connectivity index (χ1n) is 6.60. The number of furan rings is 1. The number of hydrogen-bond acceptors (Lipinski definition) is 3. The van der Waals surface area contributed by atoms with E-state index in [2.05, 4.69) is 21.5 Å². The van der Waals surface area contributed by atoms with Crippen molar-refractivity contribution < 1.29 is 4.42 Å². The second-order valence-electron chi connectivity index (χ2n) is 4.94. The number of halogens is 1. The molecule has 5 heteroatoms. The van der Waals surface area contributed by atoms with E-state index < -0.39 is 0 Å². The molecule has 3 aromatic rings. The van der Waals surface area contributed by atoms with Crippen LogP contribution in [-0.4, -0.2) is 14.5 Å². The molecule has 0 fully saturated rings. The molecular weight excluding hydrogens is 274 g/mol. The van der Waals surface area contributed by atoms with Gasteiger partial charge >= 0.3 is 0 Å². The smallest absolute Gasteiger partial charge is 0.128 e. The fourth-order valence-electron chi connectivity index (χ4n) is 2.46. The average Bonchev–Trinajstić information content (AvgIpc) is 3.01. The van der Waals surface area contributed by atoms with E-state index in [-0.39, 0.29) is 11.4 Å². The Morgan fingerprint density at radius 3 is 2.70 bits per heavy atom. The molecule has 0 aliphatic rings. The largest absolute Gasteiger partial charge is 0.464 e. The summed E-state index contributed by atoms with van der Waals surface area (Å²) in [5, 5.41) is -0.180. The van der Waals surface area contributed by atoms with Crippen molar-refractivity contribution in [1.82, 2.24) is 14.5 Å². The molecule has 20 heavy (non-hydrogen) atoms. The Balaban J connectivity index is 2.20. The number of alkyl halides is 1. The molecule has 2 atom stereocenters. The third-order valence-corrected chi connectivity index (χ3v) is 3.63. The van der Waals surface area contributed by atoms with Gasteiger partial charge in [0.15, 0.2) is 0 Å². The second-order valence-corrected chi connectivity index (χ2v) is 5.60. The molecule has 3 heterocycles. The normalized spacial score (nSPS) is 14.6. The van der Waals surface area contributed by atoms with Crippen molar-refractivity contribution in [3.63, 3.8) is 0 Å². The fourth-order valence-corrected chi connectivity index (χ4v) is 2.62. The Labute approximate surface area is 122 Å². The third kappa shape index (κ3) is 2.10. The van der Waals surface area contributed by atoms with Crippen LogP contribution in [0.3, 0.4) is 0 Å². The van der Waals surface area contributed by atoms with E-state index in [9.17, 15) is 0 Å². The summed E-state index contributed by atoms with van der Waals surface area (Å²) in [6.45, 7) is 5.95. The van der Waals surface area contributed by atoms with E-state index in [4.69, 9.17) is 16.0 Å². The number of pyridine rings is 1. The maximum absolute atomic E-state index is 6.28. The molecule has 0 aliphatic carbocycles. The minimum atomic E-state index is -0.180. The molecule has 0 spiro atoms. The van der Waals surface area contributed by atoms with Gasteiger partial charge in [0.05, 0.1) is 23.1 Å². The SMILES string of the molecule is Cc1ccc(C(C)n2c(C(C)Cl)nc3cnccc32)o1. The van der Waals surface area contributed by atoms with Gasteiger partial charge in [-0.15, -0.1) is 11.6 Å². The lowest BCUT2D eigenvalue weighted by Gasteiger charge is -2.16. The molecule has 0 radical (unpaired) electrons. The standard InChI is InChI=1S/C15H16ClN3O/c1-9-4-5-14(20-9)11(3)19-13-6-7-17-8-12(13)18-15(19)10(2)16/h4-8,10-11H,1-3H3. The van der Waals surface area contributed by atoms with E-state index in [1.807, 2.05) is 32.0 Å². The quantitative estimate of drug-likeness (QED) is 0.677. The lowest BCUT2D eigenvalue weighted by molar-refractivity contribution is 0.427. The molecule has 4 nitrogen and oxygen atoms in total. The zero-order chi connectivity index (χ0) is 14.3. The van der Waals surface area contributed by atoms with E-state index in [1.54, 1.807) is 12.4 Å². The zero-order valence-corrected chi connectivity index (χ0v) is 12.4. The highest BCUT2D eigenvalue weighted by Crippen LogP contribution is 2.31. The van der Waals surface area contributed by atoms with Crippen LogP contribution < -0.4 is 0 Å². The number of aryl methyl sites for hydroxylation is 1. The number of nitrogens with zero attached hydrogens (tertiary/aromatic N) is 3. The van der Waals surface area contributed by atoms with E-state index in [0.717, 1.165) is 28.4 Å². The maximum Gasteiger partial charge on any atom is 0.128 e. The van der Waals surface area contributed by atoms with Gasteiger partial charge in [-0.3, -0.25) is 4.98 Å². The molecule has 0 bridgehead atoms. The molecule has 0 aromatic carbocycles. The number of rotatable bonds is 3. The summed E-state index contributed by atoms with van der Waals surface area (Å²) in [5.41, 5.74) is 1.87. The molecule has 104 valence electrons. The van der Waals surface area contributed by atoms with E-state index in [1.165, 1.54) is 0 Å². The average molecular weight is 290 g/mol. The maximum atomic E-state index is 6.28. The first-order chi connectivity index (χ1) is 9.58. The Morgan fingerprint density at radius 1 is 1.25 bits per heavy atom. The summed E-state index contributed by atoms with van der Waals surface area (Å²) >= 11 is 6.28. The van der Waals surface area contributed by atoms with Crippen LogP contribution in [0, 0.1) is 6.92 Å². The Kier molecular flexibility index (Phi) is 3.26. The van der Waals surface area contributed by atoms with Crippen molar-refractivity contribution >= 4 is 22.6 Å². The van der Waals surface area contributed by atoms with E-state index in [0.29, 0.717) is 0 Å². The van der Waals surface area contributed by atoms with Crippen LogP contribution in [-0.2, 0) is 0 Å². The zero-order valence-electron chi connectivity index (χ0n) is 11.7. The predicted octanol–water partition coefficient (Wildman–Crippen LogP) is 4.24. The minimum absolute atomic E-state index is 0.0345. The lowest BCUT2D eigenvalue weighted by atomic mass is 10.2. The topological polar surface area (TPSA) is 43.9 Å². The van der Waals surface area contributed by atoms with Crippen LogP contribution in [0.25, 0.3) is 11.0 Å². The number of hydrogen-bond donors (Lipinski definition) is 0. The first kappa shape index (κ1) is 13.2. The highest BCUT2D eigenvalue weighted by Gasteiger charge is 2.21. The summed E-state index contributed by atoms with van der Waals surface area (Å²) in [6.07, 6.45) is 3.53. The van der Waals surface area contributed by atoms with Gasteiger partial charge in [0, 0.05) is 6.20 Å². The molecule has 0 N–H and O–H groups in total. The van der Waals surface area contributed by atoms with Crippen molar-refractivity contribution in [1.29, 1.82) is 0 Å². The summed E-state index contributed by atoms with van der Waals surface area (Å²) in [5.74, 6) is 2.63. The van der Waals surface area contributed by atoms with Crippen molar-refractivity contribution in [2.45, 2.75) is 32.2 Å². The molecule has 0 amide bonds. The van der Waals surface area contributed by atoms with Gasteiger partial charge in [0.1, 0.15) is 22.9 Å². The molecular formula is C15H16ClN3O. The number of fused-ring (bicyclic) bond motifs is 1. The van der Waals surface area contributed by atoms with Crippen LogP contribution >= 0.6 is 11.6 Å². The lowest BCUT2D eigenvalue weighted by Crippen LogP contribution is -2.10. The summed E-state index contributed by atoms with van der Waals surface area (Å²) in [6, 6.07) is 5.95. The molecule has 3 aromatic heterocycles. The van der Waals surface area contributed by atoms with Crippen molar-refractivity contribution in [3.05, 3.63) is 47.9 Å². The van der Waals surface area contributed by atoms with Crippen molar-refractivity contribution in [3.8, 4) is 0 Å². The molecule has 0 aliphatic heterocycles. The van der Waals surface area contributed by atoms with Crippen LogP contribution in [0.5, 0.6) is 0 Å². The van der Waals surface area contributed by atoms with Gasteiger partial charge in [0.25, 0.3) is 0 Å². The number of imidazole rings is 1. The highest BCUT2D eigenvalue weighted by atomic mass is 35.5. The van der Waals surface area contributed by atoms with Gasteiger partial charge < -0.3 is 8.98 Å².